The van der Waals surface area contributed by atoms with E-state index < -0.39 is 0 Å². The van der Waals surface area contributed by atoms with Crippen molar-refractivity contribution in [2.24, 2.45) is 10.1 Å². The fraction of sp³-hybridized carbons (Fsp3) is 0.125. The zero-order chi connectivity index (χ0) is 9.26. The van der Waals surface area contributed by atoms with Crippen LogP contribution in [0.4, 0.5) is 5.69 Å². The molecule has 0 radical (unpaired) electrons. The number of ether oxygens (including phenoxy) is 1. The molecule has 1 heterocycles. The predicted molar refractivity (Wildman–Crippen MR) is 54.9 cm³/mol. The number of nitrogens with one attached hydrogen (secondary N) is 1. The third-order valence-corrected chi connectivity index (χ3v) is 2.40. The van der Waals surface area contributed by atoms with Crippen molar-refractivity contribution >= 4 is 23.7 Å². The lowest BCUT2D eigenvalue weighted by Gasteiger charge is -2.16. The standard InChI is InChI=1S/C8H9N3OS/c1-12-6-4-2-3-5-7(6)8(9)11-13-10-5/h2-4,10H,1H3,(H2,9,11). The minimum Gasteiger partial charge on any atom is -0.496 e. The van der Waals surface area contributed by atoms with E-state index in [2.05, 4.69) is 9.12 Å². The highest BCUT2D eigenvalue weighted by Crippen LogP contribution is 2.31. The van der Waals surface area contributed by atoms with Crippen LogP contribution in [0.1, 0.15) is 5.56 Å². The summed E-state index contributed by atoms with van der Waals surface area (Å²) in [6.45, 7) is 0. The highest BCUT2D eigenvalue weighted by molar-refractivity contribution is 7.99. The number of fused-ring (bicyclic) bond motifs is 1. The summed E-state index contributed by atoms with van der Waals surface area (Å²) in [4.78, 5) is 0. The van der Waals surface area contributed by atoms with Gasteiger partial charge in [0.25, 0.3) is 0 Å². The second-order valence-corrected chi connectivity index (χ2v) is 3.12. The second kappa shape index (κ2) is 3.18. The SMILES string of the molecule is COc1cccc2c1C(N)=NSN2. The number of hydrogen-bond donors (Lipinski definition) is 2. The van der Waals surface area contributed by atoms with Gasteiger partial charge in [0.15, 0.2) is 0 Å². The van der Waals surface area contributed by atoms with Crippen molar-refractivity contribution in [1.29, 1.82) is 0 Å². The molecule has 0 spiro atoms. The molecule has 0 aromatic heterocycles. The summed E-state index contributed by atoms with van der Waals surface area (Å²) in [5.41, 5.74) is 7.51. The van der Waals surface area contributed by atoms with E-state index >= 15 is 0 Å². The minimum atomic E-state index is 0.496. The Labute approximate surface area is 80.4 Å². The van der Waals surface area contributed by atoms with Gasteiger partial charge in [0.2, 0.25) is 0 Å². The van der Waals surface area contributed by atoms with Gasteiger partial charge >= 0.3 is 0 Å². The van der Waals surface area contributed by atoms with E-state index in [0.29, 0.717) is 5.84 Å². The topological polar surface area (TPSA) is 59.6 Å². The highest BCUT2D eigenvalue weighted by atomic mass is 32.2. The van der Waals surface area contributed by atoms with E-state index in [9.17, 15) is 0 Å². The molecule has 0 unspecified atom stereocenters. The molecule has 68 valence electrons. The van der Waals surface area contributed by atoms with Crippen LogP contribution in [0.15, 0.2) is 22.6 Å². The number of methoxy groups -OCH3 is 1. The van der Waals surface area contributed by atoms with Crippen molar-refractivity contribution in [1.82, 2.24) is 0 Å². The van der Waals surface area contributed by atoms with Crippen molar-refractivity contribution in [3.8, 4) is 5.75 Å². The zero-order valence-corrected chi connectivity index (χ0v) is 7.89. The van der Waals surface area contributed by atoms with Gasteiger partial charge in [0.1, 0.15) is 11.6 Å². The molecule has 1 aromatic rings. The molecule has 0 atom stereocenters. The molecule has 1 aliphatic rings. The Hall–Kier alpha value is -1.36. The molecule has 1 aliphatic heterocycles. The van der Waals surface area contributed by atoms with Gasteiger partial charge in [0.05, 0.1) is 30.5 Å². The van der Waals surface area contributed by atoms with E-state index in [0.717, 1.165) is 17.0 Å². The van der Waals surface area contributed by atoms with Crippen molar-refractivity contribution in [2.45, 2.75) is 0 Å². The first kappa shape index (κ1) is 8.25. The van der Waals surface area contributed by atoms with E-state index in [4.69, 9.17) is 10.5 Å². The minimum absolute atomic E-state index is 0.496. The molecule has 4 nitrogen and oxygen atoms in total. The first-order valence-electron chi connectivity index (χ1n) is 3.76. The Morgan fingerprint density at radius 3 is 3.15 bits per heavy atom. The molecule has 5 heteroatoms. The highest BCUT2D eigenvalue weighted by Gasteiger charge is 2.16. The largest absolute Gasteiger partial charge is 0.496 e. The van der Waals surface area contributed by atoms with Gasteiger partial charge in [-0.15, -0.1) is 0 Å². The predicted octanol–water partition coefficient (Wildman–Crippen LogP) is 1.39. The molecule has 13 heavy (non-hydrogen) atoms. The number of benzene rings is 1. The van der Waals surface area contributed by atoms with Crippen LogP contribution >= 0.6 is 12.1 Å². The van der Waals surface area contributed by atoms with Crippen molar-refractivity contribution in [2.75, 3.05) is 11.8 Å². The van der Waals surface area contributed by atoms with E-state index in [1.807, 2.05) is 18.2 Å². The number of hydrogen-bond acceptors (Lipinski definition) is 5. The first-order valence-corrected chi connectivity index (χ1v) is 4.53. The third-order valence-electron chi connectivity index (χ3n) is 1.80. The Morgan fingerprint density at radius 2 is 2.38 bits per heavy atom. The molecule has 3 N–H and O–H groups in total. The van der Waals surface area contributed by atoms with Gasteiger partial charge in [-0.05, 0) is 12.1 Å². The van der Waals surface area contributed by atoms with Gasteiger partial charge in [-0.25, -0.2) is 0 Å². The van der Waals surface area contributed by atoms with Crippen LogP contribution in [0.25, 0.3) is 0 Å². The van der Waals surface area contributed by atoms with E-state index in [-0.39, 0.29) is 0 Å². The van der Waals surface area contributed by atoms with Gasteiger partial charge < -0.3 is 15.2 Å². The van der Waals surface area contributed by atoms with Crippen LogP contribution in [0.2, 0.25) is 0 Å². The Balaban J connectivity index is 2.60. The summed E-state index contributed by atoms with van der Waals surface area (Å²) in [6.07, 6.45) is 0. The zero-order valence-electron chi connectivity index (χ0n) is 7.07. The molecule has 0 amide bonds. The lowest BCUT2D eigenvalue weighted by molar-refractivity contribution is 0.414. The number of nitrogens with two attached hydrogens (primary N) is 1. The van der Waals surface area contributed by atoms with Crippen molar-refractivity contribution < 1.29 is 4.74 Å². The van der Waals surface area contributed by atoms with Crippen LogP contribution in [0.3, 0.4) is 0 Å². The van der Waals surface area contributed by atoms with Crippen LogP contribution in [-0.2, 0) is 0 Å². The quantitative estimate of drug-likeness (QED) is 0.665. The van der Waals surface area contributed by atoms with Gasteiger partial charge in [-0.1, -0.05) is 6.07 Å². The molecular weight excluding hydrogens is 186 g/mol. The molecular formula is C8H9N3OS. The molecule has 0 fully saturated rings. The maximum absolute atomic E-state index is 5.73. The molecule has 0 aliphatic carbocycles. The average Bonchev–Trinajstić information content (AvgIpc) is 2.17. The summed E-state index contributed by atoms with van der Waals surface area (Å²) in [5.74, 6) is 1.24. The van der Waals surface area contributed by atoms with Crippen molar-refractivity contribution in [3.05, 3.63) is 23.8 Å². The number of amidine groups is 1. The Morgan fingerprint density at radius 1 is 1.54 bits per heavy atom. The molecule has 0 saturated heterocycles. The van der Waals surface area contributed by atoms with Gasteiger partial charge in [-0.3, -0.25) is 0 Å². The molecule has 1 aromatic carbocycles. The summed E-state index contributed by atoms with van der Waals surface area (Å²) in [6, 6.07) is 5.70. The fourth-order valence-corrected chi connectivity index (χ4v) is 1.72. The summed E-state index contributed by atoms with van der Waals surface area (Å²) in [7, 11) is 1.62. The maximum Gasteiger partial charge on any atom is 0.146 e. The van der Waals surface area contributed by atoms with Crippen LogP contribution in [-0.4, -0.2) is 12.9 Å². The smallest absolute Gasteiger partial charge is 0.146 e. The monoisotopic (exact) mass is 195 g/mol. The normalized spacial score (nSPS) is 14.1. The summed E-state index contributed by atoms with van der Waals surface area (Å²) < 4.78 is 12.2. The fourth-order valence-electron chi connectivity index (χ4n) is 1.22. The number of rotatable bonds is 1. The average molecular weight is 195 g/mol. The van der Waals surface area contributed by atoms with Crippen molar-refractivity contribution in [3.63, 3.8) is 0 Å². The van der Waals surface area contributed by atoms with Crippen LogP contribution < -0.4 is 15.2 Å². The van der Waals surface area contributed by atoms with Gasteiger partial charge in [0, 0.05) is 0 Å². The first-order chi connectivity index (χ1) is 6.33. The lowest BCUT2D eigenvalue weighted by atomic mass is 10.1. The molecule has 0 saturated carbocycles. The van der Waals surface area contributed by atoms with E-state index in [1.165, 1.54) is 12.1 Å². The summed E-state index contributed by atoms with van der Waals surface area (Å²) in [5, 5.41) is 0. The Bertz CT molecular complexity index is 364. The third kappa shape index (κ3) is 1.31. The number of anilines is 1. The molecule has 0 bridgehead atoms. The Kier molecular flexibility index (Phi) is 2.02. The lowest BCUT2D eigenvalue weighted by Crippen LogP contribution is -2.18. The second-order valence-electron chi connectivity index (χ2n) is 2.55. The maximum atomic E-state index is 5.73. The van der Waals surface area contributed by atoms with Gasteiger partial charge in [-0.2, -0.15) is 4.40 Å². The molecule has 2 rings (SSSR count). The van der Waals surface area contributed by atoms with Crippen LogP contribution in [0.5, 0.6) is 5.75 Å². The van der Waals surface area contributed by atoms with E-state index in [1.54, 1.807) is 7.11 Å². The number of nitrogens with zero attached hydrogens (tertiary/aromatic N) is 1. The summed E-state index contributed by atoms with van der Waals surface area (Å²) >= 11 is 1.22. The van der Waals surface area contributed by atoms with Crippen LogP contribution in [0, 0.1) is 0 Å².